The number of aryl methyl sites for hydroxylation is 2. The van der Waals surface area contributed by atoms with Gasteiger partial charge in [-0.25, -0.2) is 4.98 Å². The van der Waals surface area contributed by atoms with E-state index in [0.29, 0.717) is 18.7 Å². The molecule has 1 saturated heterocycles. The fourth-order valence-electron chi connectivity index (χ4n) is 3.19. The maximum Gasteiger partial charge on any atom is 0.223 e. The van der Waals surface area contributed by atoms with Crippen LogP contribution in [0.5, 0.6) is 0 Å². The molecule has 3 rings (SSSR count). The van der Waals surface area contributed by atoms with Gasteiger partial charge in [0.05, 0.1) is 6.20 Å². The normalized spacial score (nSPS) is 16.0. The lowest BCUT2D eigenvalue weighted by atomic mass is 10.1. The van der Waals surface area contributed by atoms with E-state index in [9.17, 15) is 4.79 Å². The smallest absolute Gasteiger partial charge is 0.223 e. The Kier molecular flexibility index (Phi) is 5.87. The first-order valence-corrected chi connectivity index (χ1v) is 9.17. The molecule has 0 saturated carbocycles. The first-order valence-electron chi connectivity index (χ1n) is 9.17. The average Bonchev–Trinajstić information content (AvgIpc) is 2.96. The molecule has 0 atom stereocenters. The lowest BCUT2D eigenvalue weighted by molar-refractivity contribution is -0.131. The van der Waals surface area contributed by atoms with E-state index in [1.807, 2.05) is 17.0 Å². The molecule has 1 aliphatic rings. The van der Waals surface area contributed by atoms with Crippen LogP contribution in [0.25, 0.3) is 11.3 Å². The quantitative estimate of drug-likeness (QED) is 0.838. The standard InChI is InChI=1S/C20H27N3O2/c1-3-22-11-4-12-23(14-13-22)20(24)10-9-19-21-15-18(25-19)17-7-5-16(2)6-8-17/h5-8,15H,3-4,9-14H2,1-2H3. The van der Waals surface area contributed by atoms with Crippen molar-refractivity contribution < 1.29 is 9.21 Å². The highest BCUT2D eigenvalue weighted by Crippen LogP contribution is 2.21. The fourth-order valence-corrected chi connectivity index (χ4v) is 3.19. The van der Waals surface area contributed by atoms with Crippen LogP contribution in [0.4, 0.5) is 0 Å². The molecule has 1 aromatic heterocycles. The molecule has 1 aliphatic heterocycles. The van der Waals surface area contributed by atoms with Crippen molar-refractivity contribution in [3.05, 3.63) is 41.9 Å². The molecular weight excluding hydrogens is 314 g/mol. The van der Waals surface area contributed by atoms with Crippen LogP contribution in [0.3, 0.4) is 0 Å². The zero-order valence-electron chi connectivity index (χ0n) is 15.2. The van der Waals surface area contributed by atoms with Crippen molar-refractivity contribution in [1.82, 2.24) is 14.8 Å². The van der Waals surface area contributed by atoms with Gasteiger partial charge in [0.25, 0.3) is 0 Å². The Morgan fingerprint density at radius 1 is 1.16 bits per heavy atom. The van der Waals surface area contributed by atoms with Crippen molar-refractivity contribution in [1.29, 1.82) is 0 Å². The van der Waals surface area contributed by atoms with Crippen LogP contribution in [0.15, 0.2) is 34.9 Å². The molecule has 134 valence electrons. The molecule has 5 nitrogen and oxygen atoms in total. The summed E-state index contributed by atoms with van der Waals surface area (Å²) in [6.45, 7) is 9.02. The Balaban J connectivity index is 1.53. The minimum Gasteiger partial charge on any atom is -0.441 e. The molecular formula is C20H27N3O2. The van der Waals surface area contributed by atoms with Crippen LogP contribution in [0.2, 0.25) is 0 Å². The minimum atomic E-state index is 0.202. The van der Waals surface area contributed by atoms with Gasteiger partial charge in [0.15, 0.2) is 11.7 Å². The number of oxazole rings is 1. The van der Waals surface area contributed by atoms with Crippen LogP contribution >= 0.6 is 0 Å². The first kappa shape index (κ1) is 17.7. The molecule has 0 N–H and O–H groups in total. The highest BCUT2D eigenvalue weighted by atomic mass is 16.4. The zero-order valence-corrected chi connectivity index (χ0v) is 15.2. The lowest BCUT2D eigenvalue weighted by Gasteiger charge is -2.21. The molecule has 25 heavy (non-hydrogen) atoms. The highest BCUT2D eigenvalue weighted by molar-refractivity contribution is 5.76. The average molecular weight is 341 g/mol. The third kappa shape index (κ3) is 4.69. The first-order chi connectivity index (χ1) is 12.2. The molecule has 1 aromatic carbocycles. The van der Waals surface area contributed by atoms with Crippen molar-refractivity contribution in [2.24, 2.45) is 0 Å². The number of amides is 1. The van der Waals surface area contributed by atoms with E-state index < -0.39 is 0 Å². The highest BCUT2D eigenvalue weighted by Gasteiger charge is 2.19. The van der Waals surface area contributed by atoms with E-state index >= 15 is 0 Å². The van der Waals surface area contributed by atoms with Gasteiger partial charge in [-0.2, -0.15) is 0 Å². The number of nitrogens with zero attached hydrogens (tertiary/aromatic N) is 3. The summed E-state index contributed by atoms with van der Waals surface area (Å²) in [4.78, 5) is 21.2. The van der Waals surface area contributed by atoms with Crippen molar-refractivity contribution in [2.45, 2.75) is 33.1 Å². The summed E-state index contributed by atoms with van der Waals surface area (Å²) >= 11 is 0. The van der Waals surface area contributed by atoms with E-state index in [1.165, 1.54) is 5.56 Å². The fraction of sp³-hybridized carbons (Fsp3) is 0.500. The van der Waals surface area contributed by atoms with E-state index in [1.54, 1.807) is 6.20 Å². The van der Waals surface area contributed by atoms with E-state index in [-0.39, 0.29) is 5.91 Å². The Morgan fingerprint density at radius 2 is 1.96 bits per heavy atom. The third-order valence-corrected chi connectivity index (χ3v) is 4.83. The van der Waals surface area contributed by atoms with Gasteiger partial charge in [-0.1, -0.05) is 36.8 Å². The summed E-state index contributed by atoms with van der Waals surface area (Å²) in [6, 6.07) is 8.17. The molecule has 2 heterocycles. The van der Waals surface area contributed by atoms with E-state index in [4.69, 9.17) is 4.42 Å². The SMILES string of the molecule is CCN1CCCN(C(=O)CCc2ncc(-c3ccc(C)cc3)o2)CC1. The van der Waals surface area contributed by atoms with Gasteiger partial charge in [-0.05, 0) is 26.4 Å². The van der Waals surface area contributed by atoms with E-state index in [2.05, 4.69) is 35.9 Å². The molecule has 0 radical (unpaired) electrons. The van der Waals surface area contributed by atoms with Gasteiger partial charge in [-0.3, -0.25) is 4.79 Å². The Morgan fingerprint density at radius 3 is 2.72 bits per heavy atom. The number of likely N-dealkylation sites (N-methyl/N-ethyl adjacent to an activating group) is 1. The Bertz CT molecular complexity index is 693. The monoisotopic (exact) mass is 341 g/mol. The summed E-state index contributed by atoms with van der Waals surface area (Å²) in [5.74, 6) is 1.60. The second-order valence-electron chi connectivity index (χ2n) is 6.65. The largest absolute Gasteiger partial charge is 0.441 e. The zero-order chi connectivity index (χ0) is 17.6. The third-order valence-electron chi connectivity index (χ3n) is 4.83. The summed E-state index contributed by atoms with van der Waals surface area (Å²) in [5.41, 5.74) is 2.23. The number of hydrogen-bond donors (Lipinski definition) is 0. The van der Waals surface area contributed by atoms with Crippen molar-refractivity contribution in [3.8, 4) is 11.3 Å². The summed E-state index contributed by atoms with van der Waals surface area (Å²) in [5, 5.41) is 0. The Labute approximate surface area is 149 Å². The van der Waals surface area contributed by atoms with Gasteiger partial charge < -0.3 is 14.2 Å². The lowest BCUT2D eigenvalue weighted by Crippen LogP contribution is -2.35. The molecule has 0 bridgehead atoms. The number of rotatable bonds is 5. The predicted molar refractivity (Wildman–Crippen MR) is 98.3 cm³/mol. The molecule has 1 amide bonds. The summed E-state index contributed by atoms with van der Waals surface area (Å²) in [6.07, 6.45) is 3.81. The van der Waals surface area contributed by atoms with Gasteiger partial charge in [0.2, 0.25) is 5.91 Å². The van der Waals surface area contributed by atoms with Crippen molar-refractivity contribution >= 4 is 5.91 Å². The molecule has 2 aromatic rings. The molecule has 0 unspecified atom stereocenters. The molecule has 0 spiro atoms. The van der Waals surface area contributed by atoms with Crippen molar-refractivity contribution in [3.63, 3.8) is 0 Å². The number of hydrogen-bond acceptors (Lipinski definition) is 4. The van der Waals surface area contributed by atoms with Crippen LogP contribution < -0.4 is 0 Å². The van der Waals surface area contributed by atoms with E-state index in [0.717, 1.165) is 50.5 Å². The van der Waals surface area contributed by atoms with Crippen molar-refractivity contribution in [2.75, 3.05) is 32.7 Å². The number of carbonyl (C=O) groups is 1. The van der Waals surface area contributed by atoms with Crippen LogP contribution in [-0.4, -0.2) is 53.4 Å². The second-order valence-corrected chi connectivity index (χ2v) is 6.65. The van der Waals surface area contributed by atoms with Crippen LogP contribution in [0, 0.1) is 6.92 Å². The molecule has 1 fully saturated rings. The van der Waals surface area contributed by atoms with Gasteiger partial charge in [0, 0.05) is 38.0 Å². The van der Waals surface area contributed by atoms with Crippen LogP contribution in [-0.2, 0) is 11.2 Å². The number of benzene rings is 1. The molecule has 0 aliphatic carbocycles. The summed E-state index contributed by atoms with van der Waals surface area (Å²) in [7, 11) is 0. The van der Waals surface area contributed by atoms with Crippen LogP contribution in [0.1, 0.15) is 31.2 Å². The maximum atomic E-state index is 12.5. The number of carbonyl (C=O) groups excluding carboxylic acids is 1. The molecule has 5 heteroatoms. The van der Waals surface area contributed by atoms with Gasteiger partial charge in [0.1, 0.15) is 0 Å². The summed E-state index contributed by atoms with van der Waals surface area (Å²) < 4.78 is 5.82. The Hall–Kier alpha value is -2.14. The number of aromatic nitrogens is 1. The topological polar surface area (TPSA) is 49.6 Å². The van der Waals surface area contributed by atoms with Gasteiger partial charge in [-0.15, -0.1) is 0 Å². The maximum absolute atomic E-state index is 12.5. The predicted octanol–water partition coefficient (Wildman–Crippen LogP) is 3.14. The van der Waals surface area contributed by atoms with Gasteiger partial charge >= 0.3 is 0 Å². The second kappa shape index (κ2) is 8.30. The minimum absolute atomic E-state index is 0.202.